The molecule has 29 nitrogen and oxygen atoms in total. The van der Waals surface area contributed by atoms with Gasteiger partial charge in [-0.3, -0.25) is 53.4 Å². The third-order valence-corrected chi connectivity index (χ3v) is 19.9. The molecule has 2 aliphatic carbocycles. The minimum absolute atomic E-state index is 0. The lowest BCUT2D eigenvalue weighted by molar-refractivity contribution is -0.0445. The van der Waals surface area contributed by atoms with Crippen LogP contribution in [0.25, 0.3) is 56.7 Å². The SMILES string of the molecule is C1=CCC(c2ccc(C3OCCO3)cn2)=C1.CC(C)(C)OC(=O)n1cccc1-c1ccc(C=O)cn1.CC1=CC(Nc2cc(C)nc(-c3ccc(N4CC5CC(C4)N5)nc3)n2)=NC1.Cc1ccc(S(=O)(=O)O)cc1.Cl.Cl.Cn1cccc1-c1ccc(C2OCCO2)cn1.Cn1cccc1-c1ccc(C=O)cn1.O=Cc1ccc(C2=CC=CC2)nc1.OCCO. The highest BCUT2D eigenvalue weighted by Gasteiger charge is 2.37. The molecule has 19 rings (SSSR count). The average Bonchev–Trinajstić information content (AvgIpc) is 1.20. The van der Waals surface area contributed by atoms with Crippen molar-refractivity contribution in [3.63, 3.8) is 0 Å². The monoisotopic (exact) mass is 1740 g/mol. The van der Waals surface area contributed by atoms with Crippen LogP contribution in [0.3, 0.4) is 0 Å². The number of anilines is 2. The molecule has 16 heterocycles. The topological polar surface area (TPSA) is 367 Å². The first kappa shape index (κ1) is 95.5. The van der Waals surface area contributed by atoms with Crippen LogP contribution in [0.15, 0.2) is 253 Å². The number of aliphatic hydroxyl groups excluding tert-OH is 2. The number of nitrogens with one attached hydrogen (secondary N) is 2. The standard InChI is InChI=1S/C20H23N7.C15H16N2O3.C13H14N2O2.C13H13NO2.C11H10N2O.C11H9NO.C7H8O3S.C2H6O2.2ClH/c1-12-5-17(21-8-12)25-18-6-13(2)23-20(26-18)14-3-4-19(22-9-14)27-10-15-7-16(11-27)24-15;1-15(2,3)20-14(19)17-8-4-5-13(17)12-7-6-11(10-18)9-16-12;1-15-6-2-3-12(15)11-5-4-10(9-14-11)13-16-7-8-17-13;1-2-4-10(3-1)12-6-5-11(9-14-12)13-15-7-8-16-13;1-13-6-2-3-11(13)10-5-4-9(8-14)7-12-10;13-8-9-5-6-11(12-7-9)10-3-1-2-4-10;1-6-2-4-7(5-3-6)11(8,9)10;3-1-2-4;;/h3-6,9,15-16,24H,7-8,10-11H2,1-2H3,(H,21,23,25,26);4-10H,1-3H3;2-6,9,13H,7-8H2,1H3;1-3,5-6,9,13H,4,7-8H2;2-8H,1H3;1-3,5-8H,4H2;2-5H,1H3,(H,8,9,10);3-4H,1-2H2;2*1H. The lowest BCUT2D eigenvalue weighted by Crippen LogP contribution is -2.67. The maximum Gasteiger partial charge on any atom is 0.419 e. The zero-order chi connectivity index (χ0) is 86.6. The number of pyridine rings is 6. The third-order valence-electron chi connectivity index (χ3n) is 19.0. The molecule has 2 bridgehead atoms. The number of aldehydes is 3. The number of benzene rings is 1. The molecule has 648 valence electrons. The number of amidine groups is 1. The fourth-order valence-corrected chi connectivity index (χ4v) is 13.3. The molecule has 11 aromatic rings. The number of carbonyl (C=O) groups is 4. The molecule has 5 saturated heterocycles. The number of hydrogen-bond acceptors (Lipinski definition) is 25. The molecule has 32 heteroatoms. The van der Waals surface area contributed by atoms with Gasteiger partial charge in [-0.15, -0.1) is 24.8 Å². The van der Waals surface area contributed by atoms with Gasteiger partial charge in [-0.05, 0) is 193 Å². The van der Waals surface area contributed by atoms with Gasteiger partial charge < -0.3 is 58.6 Å². The summed E-state index contributed by atoms with van der Waals surface area (Å²) < 4.78 is 62.0. The van der Waals surface area contributed by atoms with Crippen molar-refractivity contribution < 1.29 is 66.0 Å². The summed E-state index contributed by atoms with van der Waals surface area (Å²) in [5.41, 5.74) is 16.8. The van der Waals surface area contributed by atoms with Gasteiger partial charge in [-0.2, -0.15) is 8.42 Å². The molecule has 0 radical (unpaired) electrons. The third kappa shape index (κ3) is 28.1. The van der Waals surface area contributed by atoms with Gasteiger partial charge in [0.2, 0.25) is 0 Å². The van der Waals surface area contributed by atoms with Crippen LogP contribution in [0.4, 0.5) is 16.4 Å². The number of carbonyl (C=O) groups excluding carboxylic acids is 4. The zero-order valence-electron chi connectivity index (χ0n) is 69.9. The van der Waals surface area contributed by atoms with Crippen LogP contribution in [0.1, 0.15) is 124 Å². The van der Waals surface area contributed by atoms with Crippen molar-refractivity contribution in [2.45, 2.75) is 96.0 Å². The van der Waals surface area contributed by atoms with Crippen molar-refractivity contribution in [1.29, 1.82) is 0 Å². The zero-order valence-corrected chi connectivity index (χ0v) is 72.4. The number of aliphatic imine (C=N–C) groups is 1. The second kappa shape index (κ2) is 46.8. The van der Waals surface area contributed by atoms with Gasteiger partial charge in [0.1, 0.15) is 23.1 Å². The number of ether oxygens (including phenoxy) is 5. The number of piperazine rings is 1. The van der Waals surface area contributed by atoms with Crippen molar-refractivity contribution in [3.8, 4) is 45.6 Å². The Balaban J connectivity index is 0.000000165. The Morgan fingerprint density at radius 3 is 1.44 bits per heavy atom. The van der Waals surface area contributed by atoms with Crippen LogP contribution in [-0.4, -0.2) is 185 Å². The average molecular weight is 1740 g/mol. The van der Waals surface area contributed by atoms with Gasteiger partial charge in [-0.1, -0.05) is 66.3 Å². The molecule has 2 atom stereocenters. The van der Waals surface area contributed by atoms with Gasteiger partial charge in [0.15, 0.2) is 37.3 Å². The number of fused-ring (bicyclic) bond motifs is 2. The molecule has 10 aromatic heterocycles. The van der Waals surface area contributed by atoms with Gasteiger partial charge >= 0.3 is 6.09 Å². The number of aliphatic hydroxyl groups is 2. The van der Waals surface area contributed by atoms with E-state index >= 15 is 0 Å². The molecule has 0 amide bonds. The number of halogens is 2. The molecule has 5 N–H and O–H groups in total. The van der Waals surface area contributed by atoms with Crippen molar-refractivity contribution in [2.24, 2.45) is 19.1 Å². The summed E-state index contributed by atoms with van der Waals surface area (Å²) in [6.45, 7) is 16.5. The number of aromatic nitrogens is 11. The van der Waals surface area contributed by atoms with Crippen molar-refractivity contribution in [2.75, 3.05) is 69.5 Å². The van der Waals surface area contributed by atoms with Crippen LogP contribution in [0.5, 0.6) is 0 Å². The molecular formula is C92H101Cl2N15O14S. The Labute approximate surface area is 733 Å². The van der Waals surface area contributed by atoms with Crippen LogP contribution in [0, 0.1) is 13.8 Å². The number of allylic oxidation sites excluding steroid dienone is 8. The minimum Gasteiger partial charge on any atom is -0.443 e. The first-order valence-electron chi connectivity index (χ1n) is 39.5. The first-order valence-corrected chi connectivity index (χ1v) is 40.9. The number of nitrogens with zero attached hydrogens (tertiary/aromatic N) is 13. The van der Waals surface area contributed by atoms with E-state index in [9.17, 15) is 27.6 Å². The smallest absolute Gasteiger partial charge is 0.419 e. The van der Waals surface area contributed by atoms with E-state index in [4.69, 9.17) is 38.5 Å². The Kier molecular flexibility index (Phi) is 36.1. The largest absolute Gasteiger partial charge is 0.443 e. The first-order chi connectivity index (χ1) is 58.9. The number of piperidine rings is 1. The van der Waals surface area contributed by atoms with Crippen molar-refractivity contribution in [1.82, 2.24) is 58.9 Å². The molecule has 6 aliphatic heterocycles. The fourth-order valence-electron chi connectivity index (χ4n) is 12.9. The Morgan fingerprint density at radius 2 is 1.05 bits per heavy atom. The van der Waals surface area contributed by atoms with Gasteiger partial charge in [0.05, 0.1) is 96.6 Å². The molecular weight excluding hydrogens is 1640 g/mol. The van der Waals surface area contributed by atoms with Crippen molar-refractivity contribution >= 4 is 88.5 Å². The minimum atomic E-state index is -4.02. The normalized spacial score (nSPS) is 15.7. The predicted molar refractivity (Wildman–Crippen MR) is 481 cm³/mol. The van der Waals surface area contributed by atoms with E-state index in [-0.39, 0.29) is 55.5 Å². The lowest BCUT2D eigenvalue weighted by atomic mass is 9.91. The summed E-state index contributed by atoms with van der Waals surface area (Å²) >= 11 is 0. The van der Waals surface area contributed by atoms with Crippen molar-refractivity contribution in [3.05, 3.63) is 294 Å². The van der Waals surface area contributed by atoms with Crippen LogP contribution in [-0.2, 0) is 47.9 Å². The second-order valence-electron chi connectivity index (χ2n) is 29.7. The predicted octanol–water partition coefficient (Wildman–Crippen LogP) is 15.1. The number of aryl methyl sites for hydroxylation is 4. The molecule has 1 aromatic carbocycles. The van der Waals surface area contributed by atoms with Gasteiger partial charge in [0.25, 0.3) is 10.1 Å². The molecule has 0 saturated carbocycles. The Hall–Kier alpha value is -12.3. The summed E-state index contributed by atoms with van der Waals surface area (Å²) in [5.74, 6) is 3.32. The molecule has 0 spiro atoms. The summed E-state index contributed by atoms with van der Waals surface area (Å²) in [6.07, 6.45) is 34.9. The highest BCUT2D eigenvalue weighted by molar-refractivity contribution is 7.85. The van der Waals surface area contributed by atoms with Gasteiger partial charge in [0, 0.05) is 140 Å². The van der Waals surface area contributed by atoms with E-state index in [0.717, 1.165) is 131 Å². The Morgan fingerprint density at radius 1 is 0.581 bits per heavy atom. The maximum atomic E-state index is 12.1. The summed E-state index contributed by atoms with van der Waals surface area (Å²) in [5, 5.41) is 22.1. The van der Waals surface area contributed by atoms with Gasteiger partial charge in [-0.25, -0.2) is 19.7 Å². The fraction of sp³-hybridized carbons (Fsp3) is 0.272. The van der Waals surface area contributed by atoms with Crippen LogP contribution >= 0.6 is 24.8 Å². The number of rotatable bonds is 15. The Bertz CT molecular complexity index is 5590. The summed E-state index contributed by atoms with van der Waals surface area (Å²) in [7, 11) is -0.0486. The second-order valence-corrected chi connectivity index (χ2v) is 31.1. The lowest BCUT2D eigenvalue weighted by Gasteiger charge is -2.48. The maximum absolute atomic E-state index is 12.1. The quantitative estimate of drug-likeness (QED) is 0.0470. The van der Waals surface area contributed by atoms with Crippen LogP contribution < -0.4 is 15.5 Å². The van der Waals surface area contributed by atoms with E-state index in [1.165, 1.54) is 46.0 Å². The van der Waals surface area contributed by atoms with E-state index in [1.54, 1.807) is 67.1 Å². The molecule has 124 heavy (non-hydrogen) atoms. The summed E-state index contributed by atoms with van der Waals surface area (Å²) in [4.78, 5) is 85.6. The van der Waals surface area contributed by atoms with E-state index < -0.39 is 21.8 Å². The highest BCUT2D eigenvalue weighted by atomic mass is 35.5. The van der Waals surface area contributed by atoms with E-state index in [0.29, 0.717) is 72.4 Å². The molecule has 8 aliphatic rings. The number of hydrogen-bond donors (Lipinski definition) is 5. The molecule has 5 fully saturated rings. The summed E-state index contributed by atoms with van der Waals surface area (Å²) in [6, 6.07) is 43.5. The van der Waals surface area contributed by atoms with E-state index in [1.807, 2.05) is 174 Å². The van der Waals surface area contributed by atoms with Crippen LogP contribution in [0.2, 0.25) is 0 Å². The van der Waals surface area contributed by atoms with E-state index in [2.05, 4.69) is 104 Å². The highest BCUT2D eigenvalue weighted by Crippen LogP contribution is 2.31. The molecule has 2 unspecified atom stereocenters.